The molecule has 7 nitrogen and oxygen atoms in total. The summed E-state index contributed by atoms with van der Waals surface area (Å²) in [4.78, 5) is 24.7. The summed E-state index contributed by atoms with van der Waals surface area (Å²) in [5, 5.41) is 0. The van der Waals surface area contributed by atoms with Crippen LogP contribution in [-0.2, 0) is 14.3 Å². The second kappa shape index (κ2) is 7.51. The molecule has 2 rings (SSSR count). The third-order valence-electron chi connectivity index (χ3n) is 3.54. The zero-order valence-electron chi connectivity index (χ0n) is 13.7. The lowest BCUT2D eigenvalue weighted by atomic mass is 10.2. The molecule has 2 unspecified atom stereocenters. The van der Waals surface area contributed by atoms with Gasteiger partial charge >= 0.3 is 0 Å². The number of aromatic nitrogens is 2. The van der Waals surface area contributed by atoms with Gasteiger partial charge in [0.15, 0.2) is 0 Å². The van der Waals surface area contributed by atoms with Crippen molar-refractivity contribution >= 4 is 11.9 Å². The molecule has 2 atom stereocenters. The molecule has 1 aromatic rings. The van der Waals surface area contributed by atoms with Crippen molar-refractivity contribution in [1.29, 1.82) is 0 Å². The molecule has 1 amide bonds. The highest BCUT2D eigenvalue weighted by Crippen LogP contribution is 2.22. The van der Waals surface area contributed by atoms with Crippen molar-refractivity contribution in [2.45, 2.75) is 26.1 Å². The summed E-state index contributed by atoms with van der Waals surface area (Å²) in [7, 11) is 3.78. The molecular weight excluding hydrogens is 284 g/mol. The lowest BCUT2D eigenvalue weighted by Crippen LogP contribution is -2.46. The maximum absolute atomic E-state index is 12.3. The van der Waals surface area contributed by atoms with Crippen LogP contribution in [0.3, 0.4) is 0 Å². The van der Waals surface area contributed by atoms with E-state index in [4.69, 9.17) is 9.47 Å². The first kappa shape index (κ1) is 16.6. The third kappa shape index (κ3) is 3.92. The summed E-state index contributed by atoms with van der Waals surface area (Å²) in [6.45, 7) is 5.76. The van der Waals surface area contributed by atoms with Gasteiger partial charge in [0.2, 0.25) is 5.95 Å². The second-order valence-electron chi connectivity index (χ2n) is 5.42. The Morgan fingerprint density at radius 1 is 1.59 bits per heavy atom. The molecule has 1 aromatic heterocycles. The van der Waals surface area contributed by atoms with Crippen molar-refractivity contribution in [3.63, 3.8) is 0 Å². The van der Waals surface area contributed by atoms with Gasteiger partial charge in [-0.15, -0.1) is 0 Å². The van der Waals surface area contributed by atoms with Crippen LogP contribution < -0.4 is 4.90 Å². The first-order chi connectivity index (χ1) is 10.5. The molecule has 1 aliphatic rings. The highest BCUT2D eigenvalue weighted by atomic mass is 16.5. The normalized spacial score (nSPS) is 19.8. The van der Waals surface area contributed by atoms with E-state index in [-0.39, 0.29) is 12.0 Å². The minimum atomic E-state index is -0.425. The molecule has 0 saturated carbocycles. The van der Waals surface area contributed by atoms with Crippen molar-refractivity contribution in [3.8, 4) is 0 Å². The average molecular weight is 308 g/mol. The number of rotatable bonds is 5. The number of carbonyl (C=O) groups is 1. The molecule has 0 N–H and O–H groups in total. The number of carbonyl (C=O) groups excluding carboxylic acids is 1. The average Bonchev–Trinajstić information content (AvgIpc) is 2.54. The zero-order chi connectivity index (χ0) is 16.1. The van der Waals surface area contributed by atoms with E-state index in [0.29, 0.717) is 32.3 Å². The summed E-state index contributed by atoms with van der Waals surface area (Å²) in [5.74, 6) is 0.629. The SMILES string of the molecule is CCOC(C)C(=O)N1CCOC(c2ccnc(N(C)C)n2)C1. The van der Waals surface area contributed by atoms with Crippen LogP contribution in [0.1, 0.15) is 25.6 Å². The molecule has 7 heteroatoms. The van der Waals surface area contributed by atoms with E-state index in [1.807, 2.05) is 32.0 Å². The fraction of sp³-hybridized carbons (Fsp3) is 0.667. The summed E-state index contributed by atoms with van der Waals surface area (Å²) >= 11 is 0. The Hall–Kier alpha value is -1.73. The first-order valence-electron chi connectivity index (χ1n) is 7.55. The van der Waals surface area contributed by atoms with Gasteiger partial charge in [0.25, 0.3) is 5.91 Å². The smallest absolute Gasteiger partial charge is 0.251 e. The van der Waals surface area contributed by atoms with Gasteiger partial charge in [-0.05, 0) is 19.9 Å². The molecule has 0 bridgehead atoms. The number of amides is 1. The van der Waals surface area contributed by atoms with Crippen LogP contribution in [0, 0.1) is 0 Å². The maximum atomic E-state index is 12.3. The summed E-state index contributed by atoms with van der Waals surface area (Å²) in [6.07, 6.45) is 1.06. The molecule has 1 fully saturated rings. The predicted octanol–water partition coefficient (Wildman–Crippen LogP) is 0.867. The molecule has 0 spiro atoms. The maximum Gasteiger partial charge on any atom is 0.251 e. The molecule has 122 valence electrons. The van der Waals surface area contributed by atoms with Crippen LogP contribution in [-0.4, -0.2) is 67.3 Å². The van der Waals surface area contributed by atoms with Crippen molar-refractivity contribution in [2.75, 3.05) is 45.3 Å². The first-order valence-corrected chi connectivity index (χ1v) is 7.55. The van der Waals surface area contributed by atoms with Gasteiger partial charge in [-0.25, -0.2) is 9.97 Å². The van der Waals surface area contributed by atoms with Gasteiger partial charge in [-0.2, -0.15) is 0 Å². The Morgan fingerprint density at radius 2 is 2.36 bits per heavy atom. The summed E-state index contributed by atoms with van der Waals surface area (Å²) in [6, 6.07) is 1.83. The molecule has 1 aliphatic heterocycles. The highest BCUT2D eigenvalue weighted by molar-refractivity contribution is 5.80. The Balaban J connectivity index is 2.07. The molecule has 0 aliphatic carbocycles. The van der Waals surface area contributed by atoms with Crippen molar-refractivity contribution in [3.05, 3.63) is 18.0 Å². The van der Waals surface area contributed by atoms with E-state index in [1.54, 1.807) is 18.0 Å². The standard InChI is InChI=1S/C15H24N4O3/c1-5-21-11(2)14(20)19-8-9-22-13(10-19)12-6-7-16-15(17-12)18(3)4/h6-7,11,13H,5,8-10H2,1-4H3. The Kier molecular flexibility index (Phi) is 5.68. The number of ether oxygens (including phenoxy) is 2. The molecule has 1 saturated heterocycles. The largest absolute Gasteiger partial charge is 0.369 e. The summed E-state index contributed by atoms with van der Waals surface area (Å²) < 4.78 is 11.2. The van der Waals surface area contributed by atoms with Gasteiger partial charge in [0.1, 0.15) is 12.2 Å². The van der Waals surface area contributed by atoms with Gasteiger partial charge in [0, 0.05) is 33.4 Å². The summed E-state index contributed by atoms with van der Waals surface area (Å²) in [5.41, 5.74) is 0.792. The minimum Gasteiger partial charge on any atom is -0.369 e. The lowest BCUT2D eigenvalue weighted by molar-refractivity contribution is -0.150. The van der Waals surface area contributed by atoms with Crippen molar-refractivity contribution in [2.24, 2.45) is 0 Å². The number of nitrogens with zero attached hydrogens (tertiary/aromatic N) is 4. The van der Waals surface area contributed by atoms with Gasteiger partial charge in [0.05, 0.1) is 18.8 Å². The quantitative estimate of drug-likeness (QED) is 0.804. The fourth-order valence-electron chi connectivity index (χ4n) is 2.36. The van der Waals surface area contributed by atoms with Crippen molar-refractivity contribution in [1.82, 2.24) is 14.9 Å². The number of anilines is 1. The molecule has 22 heavy (non-hydrogen) atoms. The van der Waals surface area contributed by atoms with E-state index < -0.39 is 6.10 Å². The topological polar surface area (TPSA) is 67.8 Å². The Morgan fingerprint density at radius 3 is 3.05 bits per heavy atom. The molecular formula is C15H24N4O3. The minimum absolute atomic E-state index is 0.00274. The van der Waals surface area contributed by atoms with E-state index in [1.165, 1.54) is 0 Å². The Labute approximate surface area is 131 Å². The second-order valence-corrected chi connectivity index (χ2v) is 5.42. The number of morpholine rings is 1. The zero-order valence-corrected chi connectivity index (χ0v) is 13.7. The van der Waals surface area contributed by atoms with Gasteiger partial charge < -0.3 is 19.3 Å². The Bertz CT molecular complexity index is 509. The van der Waals surface area contributed by atoms with Crippen LogP contribution in [0.4, 0.5) is 5.95 Å². The van der Waals surface area contributed by atoms with Crippen LogP contribution in [0.25, 0.3) is 0 Å². The van der Waals surface area contributed by atoms with E-state index >= 15 is 0 Å². The number of hydrogen-bond acceptors (Lipinski definition) is 6. The molecule has 0 aromatic carbocycles. The lowest BCUT2D eigenvalue weighted by Gasteiger charge is -2.34. The van der Waals surface area contributed by atoms with Crippen molar-refractivity contribution < 1.29 is 14.3 Å². The third-order valence-corrected chi connectivity index (χ3v) is 3.54. The van der Waals surface area contributed by atoms with E-state index in [0.717, 1.165) is 5.69 Å². The molecule has 0 radical (unpaired) electrons. The van der Waals surface area contributed by atoms with Crippen LogP contribution in [0.5, 0.6) is 0 Å². The van der Waals surface area contributed by atoms with E-state index in [2.05, 4.69) is 9.97 Å². The van der Waals surface area contributed by atoms with Crippen LogP contribution in [0.15, 0.2) is 12.3 Å². The molecule has 2 heterocycles. The monoisotopic (exact) mass is 308 g/mol. The fourth-order valence-corrected chi connectivity index (χ4v) is 2.36. The van der Waals surface area contributed by atoms with Crippen LogP contribution in [0.2, 0.25) is 0 Å². The van der Waals surface area contributed by atoms with Gasteiger partial charge in [-0.1, -0.05) is 0 Å². The number of hydrogen-bond donors (Lipinski definition) is 0. The predicted molar refractivity (Wildman–Crippen MR) is 82.7 cm³/mol. The van der Waals surface area contributed by atoms with E-state index in [9.17, 15) is 4.79 Å². The van der Waals surface area contributed by atoms with Gasteiger partial charge in [-0.3, -0.25) is 4.79 Å². The highest BCUT2D eigenvalue weighted by Gasteiger charge is 2.29. The van der Waals surface area contributed by atoms with Crippen LogP contribution >= 0.6 is 0 Å².